The minimum atomic E-state index is -0.611. The van der Waals surface area contributed by atoms with E-state index in [-0.39, 0.29) is 10.7 Å². The minimum absolute atomic E-state index is 0.0433. The minimum Gasteiger partial charge on any atom is -0.497 e. The SMILES string of the molecule is COc1cccc(-c2nn(Cc3ccccc3)cc2C(=O)Nc2ccc(Cl)cc2F)c1. The van der Waals surface area contributed by atoms with E-state index >= 15 is 0 Å². The summed E-state index contributed by atoms with van der Waals surface area (Å²) in [7, 11) is 1.57. The third-order valence-electron chi connectivity index (χ3n) is 4.72. The van der Waals surface area contributed by atoms with E-state index in [2.05, 4.69) is 10.4 Å². The van der Waals surface area contributed by atoms with Gasteiger partial charge in [-0.25, -0.2) is 4.39 Å². The molecule has 0 saturated carbocycles. The van der Waals surface area contributed by atoms with Crippen LogP contribution in [0.3, 0.4) is 0 Å². The highest BCUT2D eigenvalue weighted by atomic mass is 35.5. The molecule has 0 aliphatic rings. The van der Waals surface area contributed by atoms with Crippen LogP contribution in [-0.4, -0.2) is 22.8 Å². The molecule has 31 heavy (non-hydrogen) atoms. The fourth-order valence-corrected chi connectivity index (χ4v) is 3.36. The summed E-state index contributed by atoms with van der Waals surface area (Å²) in [5, 5.41) is 7.50. The van der Waals surface area contributed by atoms with E-state index in [1.807, 2.05) is 48.5 Å². The van der Waals surface area contributed by atoms with Crippen LogP contribution in [0.15, 0.2) is 79.0 Å². The van der Waals surface area contributed by atoms with Gasteiger partial charge in [-0.2, -0.15) is 5.10 Å². The van der Waals surface area contributed by atoms with Gasteiger partial charge in [0.15, 0.2) is 0 Å². The molecule has 0 aliphatic heterocycles. The zero-order valence-electron chi connectivity index (χ0n) is 16.7. The van der Waals surface area contributed by atoms with E-state index in [4.69, 9.17) is 16.3 Å². The second kappa shape index (κ2) is 9.02. The average Bonchev–Trinajstić information content (AvgIpc) is 3.20. The van der Waals surface area contributed by atoms with Crippen molar-refractivity contribution in [2.24, 2.45) is 0 Å². The van der Waals surface area contributed by atoms with Crippen molar-refractivity contribution in [3.8, 4) is 17.0 Å². The van der Waals surface area contributed by atoms with Gasteiger partial charge in [-0.1, -0.05) is 54.1 Å². The maximum atomic E-state index is 14.2. The molecule has 1 amide bonds. The number of hydrogen-bond donors (Lipinski definition) is 1. The van der Waals surface area contributed by atoms with E-state index in [1.165, 1.54) is 12.1 Å². The molecule has 4 aromatic rings. The molecule has 0 radical (unpaired) electrons. The lowest BCUT2D eigenvalue weighted by molar-refractivity contribution is 0.102. The van der Waals surface area contributed by atoms with Crippen molar-refractivity contribution < 1.29 is 13.9 Å². The lowest BCUT2D eigenvalue weighted by atomic mass is 10.1. The third-order valence-corrected chi connectivity index (χ3v) is 4.95. The van der Waals surface area contributed by atoms with Crippen LogP contribution in [0, 0.1) is 5.82 Å². The predicted molar refractivity (Wildman–Crippen MR) is 119 cm³/mol. The third kappa shape index (κ3) is 4.75. The number of methoxy groups -OCH3 is 1. The van der Waals surface area contributed by atoms with Crippen LogP contribution < -0.4 is 10.1 Å². The van der Waals surface area contributed by atoms with E-state index in [1.54, 1.807) is 24.1 Å². The number of anilines is 1. The fraction of sp³-hybridized carbons (Fsp3) is 0.0833. The summed E-state index contributed by atoms with van der Waals surface area (Å²) in [6, 6.07) is 21.2. The Hall–Kier alpha value is -3.64. The summed E-state index contributed by atoms with van der Waals surface area (Å²) in [6.07, 6.45) is 1.66. The maximum absolute atomic E-state index is 14.2. The van der Waals surface area contributed by atoms with Gasteiger partial charge in [-0.05, 0) is 35.9 Å². The van der Waals surface area contributed by atoms with Gasteiger partial charge in [0.05, 0.1) is 24.9 Å². The summed E-state index contributed by atoms with van der Waals surface area (Å²) in [6.45, 7) is 0.487. The van der Waals surface area contributed by atoms with Gasteiger partial charge < -0.3 is 10.1 Å². The van der Waals surface area contributed by atoms with E-state index < -0.39 is 11.7 Å². The van der Waals surface area contributed by atoms with Crippen LogP contribution in [0.1, 0.15) is 15.9 Å². The number of halogens is 2. The molecule has 156 valence electrons. The van der Waals surface area contributed by atoms with Crippen molar-refractivity contribution in [2.75, 3.05) is 12.4 Å². The molecule has 0 spiro atoms. The van der Waals surface area contributed by atoms with Gasteiger partial charge in [-0.3, -0.25) is 9.48 Å². The number of hydrogen-bond acceptors (Lipinski definition) is 3. The predicted octanol–water partition coefficient (Wildman–Crippen LogP) is 5.65. The Morgan fingerprint density at radius 1 is 1.10 bits per heavy atom. The summed E-state index contributed by atoms with van der Waals surface area (Å²) in [5.41, 5.74) is 2.59. The molecule has 0 bridgehead atoms. The lowest BCUT2D eigenvalue weighted by Gasteiger charge is -2.07. The molecule has 5 nitrogen and oxygen atoms in total. The number of ether oxygens (including phenoxy) is 1. The Morgan fingerprint density at radius 2 is 1.90 bits per heavy atom. The van der Waals surface area contributed by atoms with Crippen molar-refractivity contribution in [3.63, 3.8) is 0 Å². The van der Waals surface area contributed by atoms with Gasteiger partial charge in [0.25, 0.3) is 5.91 Å². The summed E-state index contributed by atoms with van der Waals surface area (Å²) < 4.78 is 21.2. The molecule has 0 fully saturated rings. The highest BCUT2D eigenvalue weighted by Crippen LogP contribution is 2.27. The van der Waals surface area contributed by atoms with E-state index in [0.29, 0.717) is 29.1 Å². The molecule has 0 unspecified atom stereocenters. The molecule has 4 rings (SSSR count). The number of rotatable bonds is 6. The number of carbonyl (C=O) groups is 1. The zero-order valence-corrected chi connectivity index (χ0v) is 17.4. The molecule has 1 aromatic heterocycles. The van der Waals surface area contributed by atoms with E-state index in [0.717, 1.165) is 11.6 Å². The monoisotopic (exact) mass is 435 g/mol. The lowest BCUT2D eigenvalue weighted by Crippen LogP contribution is -2.13. The summed E-state index contributed by atoms with van der Waals surface area (Å²) >= 11 is 5.81. The Balaban J connectivity index is 1.72. The quantitative estimate of drug-likeness (QED) is 0.425. The first-order chi connectivity index (χ1) is 15.0. The van der Waals surface area contributed by atoms with E-state index in [9.17, 15) is 9.18 Å². The molecular weight excluding hydrogens is 417 g/mol. The standard InChI is InChI=1S/C24H19ClFN3O2/c1-31-19-9-5-8-17(12-19)23-20(15-29(28-23)14-16-6-3-2-4-7-16)24(30)27-22-11-10-18(25)13-21(22)26/h2-13,15H,14H2,1H3,(H,27,30). The highest BCUT2D eigenvalue weighted by Gasteiger charge is 2.20. The molecular formula is C24H19ClFN3O2. The van der Waals surface area contributed by atoms with Crippen molar-refractivity contribution in [3.05, 3.63) is 101 Å². The Morgan fingerprint density at radius 3 is 2.65 bits per heavy atom. The normalized spacial score (nSPS) is 10.7. The van der Waals surface area contributed by atoms with Gasteiger partial charge in [0.1, 0.15) is 17.3 Å². The number of nitrogens with zero attached hydrogens (tertiary/aromatic N) is 2. The van der Waals surface area contributed by atoms with Gasteiger partial charge >= 0.3 is 0 Å². The molecule has 0 aliphatic carbocycles. The van der Waals surface area contributed by atoms with Crippen LogP contribution >= 0.6 is 11.6 Å². The molecule has 7 heteroatoms. The molecule has 0 atom stereocenters. The second-order valence-corrected chi connectivity index (χ2v) is 7.32. The van der Waals surface area contributed by atoms with Crippen molar-refractivity contribution in [1.82, 2.24) is 9.78 Å². The average molecular weight is 436 g/mol. The molecule has 1 N–H and O–H groups in total. The topological polar surface area (TPSA) is 56.2 Å². The fourth-order valence-electron chi connectivity index (χ4n) is 3.20. The van der Waals surface area contributed by atoms with Crippen LogP contribution in [0.25, 0.3) is 11.3 Å². The van der Waals surface area contributed by atoms with Crippen molar-refractivity contribution >= 4 is 23.2 Å². The molecule has 3 aromatic carbocycles. The smallest absolute Gasteiger partial charge is 0.259 e. The van der Waals surface area contributed by atoms with Crippen LogP contribution in [0.4, 0.5) is 10.1 Å². The summed E-state index contributed by atoms with van der Waals surface area (Å²) in [5.74, 6) is -0.441. The van der Waals surface area contributed by atoms with Gasteiger partial charge in [0, 0.05) is 16.8 Å². The Bertz CT molecular complexity index is 1220. The van der Waals surface area contributed by atoms with Crippen molar-refractivity contribution in [1.29, 1.82) is 0 Å². The number of aromatic nitrogens is 2. The highest BCUT2D eigenvalue weighted by molar-refractivity contribution is 6.30. The van der Waals surface area contributed by atoms with Crippen LogP contribution in [0.2, 0.25) is 5.02 Å². The van der Waals surface area contributed by atoms with Gasteiger partial charge in [-0.15, -0.1) is 0 Å². The Labute approximate surface area is 184 Å². The zero-order chi connectivity index (χ0) is 21.8. The largest absolute Gasteiger partial charge is 0.497 e. The van der Waals surface area contributed by atoms with Crippen LogP contribution in [-0.2, 0) is 6.54 Å². The second-order valence-electron chi connectivity index (χ2n) is 6.88. The number of carbonyl (C=O) groups excluding carboxylic acids is 1. The first kappa shape index (κ1) is 20.6. The van der Waals surface area contributed by atoms with Gasteiger partial charge in [0.2, 0.25) is 0 Å². The molecule has 1 heterocycles. The number of benzene rings is 3. The summed E-state index contributed by atoms with van der Waals surface area (Å²) in [4.78, 5) is 13.1. The first-order valence-electron chi connectivity index (χ1n) is 9.55. The number of nitrogens with one attached hydrogen (secondary N) is 1. The first-order valence-corrected chi connectivity index (χ1v) is 9.93. The Kier molecular flexibility index (Phi) is 6.00. The van der Waals surface area contributed by atoms with Crippen LogP contribution in [0.5, 0.6) is 5.75 Å². The number of amides is 1. The van der Waals surface area contributed by atoms with Crippen molar-refractivity contribution in [2.45, 2.75) is 6.54 Å². The maximum Gasteiger partial charge on any atom is 0.259 e. The molecule has 0 saturated heterocycles.